The Morgan fingerprint density at radius 1 is 1.82 bits per heavy atom. The molecule has 11 heavy (non-hydrogen) atoms. The lowest BCUT2D eigenvalue weighted by molar-refractivity contribution is 0.190. The lowest BCUT2D eigenvalue weighted by Crippen LogP contribution is -2.20. The predicted molar refractivity (Wildman–Crippen MR) is 44.9 cm³/mol. The summed E-state index contributed by atoms with van der Waals surface area (Å²) < 4.78 is 4.95. The maximum Gasteiger partial charge on any atom is 0.205 e. The number of hydrogen-bond donors (Lipinski definition) is 1. The first-order chi connectivity index (χ1) is 5.33. The van der Waals surface area contributed by atoms with Gasteiger partial charge in [0.05, 0.1) is 6.61 Å². The van der Waals surface area contributed by atoms with Gasteiger partial charge in [-0.25, -0.2) is 0 Å². The summed E-state index contributed by atoms with van der Waals surface area (Å²) in [5, 5.41) is 11.5. The molecule has 62 valence electrons. The third kappa shape index (κ3) is 2.81. The van der Waals surface area contributed by atoms with Gasteiger partial charge in [0, 0.05) is 13.2 Å². The van der Waals surface area contributed by atoms with Crippen molar-refractivity contribution in [3.05, 3.63) is 5.51 Å². The second kappa shape index (κ2) is 4.25. The van der Waals surface area contributed by atoms with Gasteiger partial charge < -0.3 is 10.1 Å². The molecule has 4 nitrogen and oxygen atoms in total. The number of aromatic nitrogens is 2. The molecule has 5 heteroatoms. The van der Waals surface area contributed by atoms with Crippen molar-refractivity contribution in [3.8, 4) is 0 Å². The van der Waals surface area contributed by atoms with Crippen LogP contribution in [0.3, 0.4) is 0 Å². The van der Waals surface area contributed by atoms with E-state index in [4.69, 9.17) is 4.74 Å². The molecule has 1 aromatic heterocycles. The van der Waals surface area contributed by atoms with Crippen LogP contribution in [-0.2, 0) is 4.74 Å². The molecule has 1 rings (SSSR count). The van der Waals surface area contributed by atoms with Crippen molar-refractivity contribution in [3.63, 3.8) is 0 Å². The van der Waals surface area contributed by atoms with Crippen LogP contribution in [0.25, 0.3) is 0 Å². The van der Waals surface area contributed by atoms with Crippen LogP contribution in [0.4, 0.5) is 5.13 Å². The van der Waals surface area contributed by atoms with Crippen molar-refractivity contribution in [2.24, 2.45) is 0 Å². The zero-order chi connectivity index (χ0) is 8.10. The molecule has 0 bridgehead atoms. The van der Waals surface area contributed by atoms with Crippen LogP contribution in [-0.4, -0.2) is 30.0 Å². The summed E-state index contributed by atoms with van der Waals surface area (Å²) in [5.74, 6) is 0. The largest absolute Gasteiger partial charge is 0.383 e. The topological polar surface area (TPSA) is 47.0 Å². The highest BCUT2D eigenvalue weighted by Gasteiger charge is 2.01. The van der Waals surface area contributed by atoms with Crippen molar-refractivity contribution in [2.75, 3.05) is 19.0 Å². The summed E-state index contributed by atoms with van der Waals surface area (Å²) >= 11 is 1.49. The second-order valence-corrected chi connectivity index (χ2v) is 3.08. The molecule has 1 N–H and O–H groups in total. The van der Waals surface area contributed by atoms with Gasteiger partial charge in [0.2, 0.25) is 5.13 Å². The van der Waals surface area contributed by atoms with E-state index < -0.39 is 0 Å². The first-order valence-electron chi connectivity index (χ1n) is 3.34. The summed E-state index contributed by atoms with van der Waals surface area (Å²) in [5.41, 5.74) is 1.70. The zero-order valence-corrected chi connectivity index (χ0v) is 7.39. The summed E-state index contributed by atoms with van der Waals surface area (Å²) in [7, 11) is 1.68. The Hall–Kier alpha value is -0.680. The van der Waals surface area contributed by atoms with Crippen LogP contribution < -0.4 is 5.32 Å². The molecular formula is C6H11N3OS. The van der Waals surface area contributed by atoms with Gasteiger partial charge in [-0.1, -0.05) is 11.3 Å². The third-order valence-electron chi connectivity index (χ3n) is 1.15. The van der Waals surface area contributed by atoms with Crippen molar-refractivity contribution >= 4 is 16.5 Å². The summed E-state index contributed by atoms with van der Waals surface area (Å²) in [4.78, 5) is 0. The van der Waals surface area contributed by atoms with Crippen molar-refractivity contribution in [1.82, 2.24) is 10.2 Å². The van der Waals surface area contributed by atoms with Crippen molar-refractivity contribution < 1.29 is 4.74 Å². The van der Waals surface area contributed by atoms with E-state index in [0.29, 0.717) is 6.61 Å². The SMILES string of the molecule is COCC(C)Nc1nncs1. The number of anilines is 1. The fraction of sp³-hybridized carbons (Fsp3) is 0.667. The minimum absolute atomic E-state index is 0.285. The van der Waals surface area contributed by atoms with E-state index in [-0.39, 0.29) is 6.04 Å². The molecule has 0 fully saturated rings. The molecule has 1 heterocycles. The lowest BCUT2D eigenvalue weighted by atomic mass is 10.4. The maximum atomic E-state index is 4.95. The van der Waals surface area contributed by atoms with E-state index in [1.54, 1.807) is 12.6 Å². The summed E-state index contributed by atoms with van der Waals surface area (Å²) in [6.07, 6.45) is 0. The molecule has 1 atom stereocenters. The van der Waals surface area contributed by atoms with Gasteiger partial charge in [0.1, 0.15) is 5.51 Å². The maximum absolute atomic E-state index is 4.95. The van der Waals surface area contributed by atoms with Gasteiger partial charge in [-0.15, -0.1) is 10.2 Å². The molecule has 0 radical (unpaired) electrons. The molecule has 1 aromatic rings. The lowest BCUT2D eigenvalue weighted by Gasteiger charge is -2.09. The summed E-state index contributed by atoms with van der Waals surface area (Å²) in [6, 6.07) is 0.285. The minimum Gasteiger partial charge on any atom is -0.383 e. The number of hydrogen-bond acceptors (Lipinski definition) is 5. The highest BCUT2D eigenvalue weighted by Crippen LogP contribution is 2.09. The van der Waals surface area contributed by atoms with Gasteiger partial charge >= 0.3 is 0 Å². The molecule has 0 aromatic carbocycles. The molecule has 0 aliphatic heterocycles. The highest BCUT2D eigenvalue weighted by molar-refractivity contribution is 7.13. The average molecular weight is 173 g/mol. The Balaban J connectivity index is 2.31. The second-order valence-electron chi connectivity index (χ2n) is 2.24. The van der Waals surface area contributed by atoms with E-state index in [9.17, 15) is 0 Å². The van der Waals surface area contributed by atoms with Gasteiger partial charge in [-0.2, -0.15) is 0 Å². The molecule has 0 saturated carbocycles. The standard InChI is InChI=1S/C6H11N3OS/c1-5(3-10-2)8-6-9-7-4-11-6/h4-5H,3H2,1-2H3,(H,8,9). The molecule has 0 amide bonds. The molecule has 0 spiro atoms. The fourth-order valence-electron chi connectivity index (χ4n) is 0.738. The number of ether oxygens (including phenoxy) is 1. The summed E-state index contributed by atoms with van der Waals surface area (Å²) in [6.45, 7) is 2.71. The van der Waals surface area contributed by atoms with E-state index in [1.165, 1.54) is 11.3 Å². The number of methoxy groups -OCH3 is 1. The van der Waals surface area contributed by atoms with Crippen LogP contribution in [0.1, 0.15) is 6.92 Å². The van der Waals surface area contributed by atoms with E-state index >= 15 is 0 Å². The van der Waals surface area contributed by atoms with Crippen LogP contribution in [0.5, 0.6) is 0 Å². The zero-order valence-electron chi connectivity index (χ0n) is 6.57. The van der Waals surface area contributed by atoms with Gasteiger partial charge in [0.15, 0.2) is 0 Å². The van der Waals surface area contributed by atoms with Crippen LogP contribution >= 0.6 is 11.3 Å². The Morgan fingerprint density at radius 2 is 2.64 bits per heavy atom. The smallest absolute Gasteiger partial charge is 0.205 e. The van der Waals surface area contributed by atoms with Crippen molar-refractivity contribution in [1.29, 1.82) is 0 Å². The third-order valence-corrected chi connectivity index (χ3v) is 1.77. The molecular weight excluding hydrogens is 162 g/mol. The van der Waals surface area contributed by atoms with E-state index in [1.807, 2.05) is 6.92 Å². The first-order valence-corrected chi connectivity index (χ1v) is 4.22. The number of nitrogens with zero attached hydrogens (tertiary/aromatic N) is 2. The van der Waals surface area contributed by atoms with Crippen molar-refractivity contribution in [2.45, 2.75) is 13.0 Å². The average Bonchev–Trinajstić information content (AvgIpc) is 2.40. The normalized spacial score (nSPS) is 12.9. The number of nitrogens with one attached hydrogen (secondary N) is 1. The Bertz CT molecular complexity index is 190. The van der Waals surface area contributed by atoms with Crippen LogP contribution in [0, 0.1) is 0 Å². The Labute approximate surface area is 69.6 Å². The van der Waals surface area contributed by atoms with Crippen LogP contribution in [0.2, 0.25) is 0 Å². The minimum atomic E-state index is 0.285. The molecule has 0 aliphatic carbocycles. The fourth-order valence-corrected chi connectivity index (χ4v) is 1.30. The highest BCUT2D eigenvalue weighted by atomic mass is 32.1. The molecule has 1 unspecified atom stereocenters. The Morgan fingerprint density at radius 3 is 3.18 bits per heavy atom. The van der Waals surface area contributed by atoms with Crippen LogP contribution in [0.15, 0.2) is 5.51 Å². The van der Waals surface area contributed by atoms with E-state index in [2.05, 4.69) is 15.5 Å². The molecule has 0 saturated heterocycles. The van der Waals surface area contributed by atoms with E-state index in [0.717, 1.165) is 5.13 Å². The predicted octanol–water partition coefficient (Wildman–Crippen LogP) is 0.985. The quantitative estimate of drug-likeness (QED) is 0.737. The van der Waals surface area contributed by atoms with Gasteiger partial charge in [-0.3, -0.25) is 0 Å². The van der Waals surface area contributed by atoms with Gasteiger partial charge in [0.25, 0.3) is 0 Å². The monoisotopic (exact) mass is 173 g/mol. The first kappa shape index (κ1) is 8.42. The molecule has 0 aliphatic rings. The Kier molecular flexibility index (Phi) is 3.25. The number of rotatable bonds is 4. The van der Waals surface area contributed by atoms with Gasteiger partial charge in [-0.05, 0) is 6.92 Å².